The Morgan fingerprint density at radius 1 is 1.19 bits per heavy atom. The number of imidazole rings is 1. The summed E-state index contributed by atoms with van der Waals surface area (Å²) in [4.78, 5) is 33.4. The van der Waals surface area contributed by atoms with Crippen LogP contribution in [0.15, 0.2) is 48.8 Å². The molecule has 2 N–H and O–H groups in total. The molecular formula is C19H19FN4O2. The van der Waals surface area contributed by atoms with Crippen LogP contribution in [-0.2, 0) is 11.3 Å². The van der Waals surface area contributed by atoms with Gasteiger partial charge < -0.3 is 15.2 Å². The number of aromatic amines is 1. The van der Waals surface area contributed by atoms with Crippen molar-refractivity contribution in [3.05, 3.63) is 65.7 Å². The molecule has 3 rings (SSSR count). The fourth-order valence-electron chi connectivity index (χ4n) is 2.61. The van der Waals surface area contributed by atoms with Crippen LogP contribution in [0.25, 0.3) is 11.0 Å². The van der Waals surface area contributed by atoms with Crippen molar-refractivity contribution in [1.82, 2.24) is 20.2 Å². The summed E-state index contributed by atoms with van der Waals surface area (Å²) in [5.41, 5.74) is 2.84. The Morgan fingerprint density at radius 3 is 2.69 bits per heavy atom. The molecule has 134 valence electrons. The van der Waals surface area contributed by atoms with E-state index < -0.39 is 0 Å². The van der Waals surface area contributed by atoms with Gasteiger partial charge in [-0.25, -0.2) is 9.37 Å². The maximum atomic E-state index is 12.9. The third-order valence-corrected chi connectivity index (χ3v) is 4.07. The highest BCUT2D eigenvalue weighted by atomic mass is 19.1. The van der Waals surface area contributed by atoms with Crippen LogP contribution < -0.4 is 5.32 Å². The molecule has 26 heavy (non-hydrogen) atoms. The normalized spacial score (nSPS) is 10.7. The van der Waals surface area contributed by atoms with Crippen LogP contribution in [0.2, 0.25) is 0 Å². The van der Waals surface area contributed by atoms with E-state index in [1.165, 1.54) is 17.0 Å². The Balaban J connectivity index is 1.61. The highest BCUT2D eigenvalue weighted by Gasteiger charge is 2.18. The standard InChI is InChI=1S/C19H19FN4O2/c1-2-24(11-18(25)21-10-13-3-6-15(20)7-4-13)19(26)14-5-8-16-17(9-14)23-12-22-16/h3-9,12H,2,10-11H2,1H3,(H,21,25)(H,22,23). The molecule has 6 nitrogen and oxygen atoms in total. The summed E-state index contributed by atoms with van der Waals surface area (Å²) in [6.45, 7) is 2.46. The molecule has 0 spiro atoms. The summed E-state index contributed by atoms with van der Waals surface area (Å²) in [7, 11) is 0. The number of carbonyl (C=O) groups excluding carboxylic acids is 2. The van der Waals surface area contributed by atoms with E-state index in [-0.39, 0.29) is 30.7 Å². The molecule has 0 atom stereocenters. The van der Waals surface area contributed by atoms with E-state index >= 15 is 0 Å². The van der Waals surface area contributed by atoms with Crippen LogP contribution in [0.5, 0.6) is 0 Å². The smallest absolute Gasteiger partial charge is 0.254 e. The fraction of sp³-hybridized carbons (Fsp3) is 0.211. The molecule has 0 saturated carbocycles. The third kappa shape index (κ3) is 4.05. The molecule has 0 aliphatic heterocycles. The van der Waals surface area contributed by atoms with Crippen molar-refractivity contribution in [3.8, 4) is 0 Å². The van der Waals surface area contributed by atoms with Gasteiger partial charge in [0.1, 0.15) is 5.82 Å². The molecule has 0 fully saturated rings. The van der Waals surface area contributed by atoms with Gasteiger partial charge in [-0.2, -0.15) is 0 Å². The Labute approximate surface area is 150 Å². The number of hydrogen-bond acceptors (Lipinski definition) is 3. The fourth-order valence-corrected chi connectivity index (χ4v) is 2.61. The summed E-state index contributed by atoms with van der Waals surface area (Å²) in [5.74, 6) is -0.815. The van der Waals surface area contributed by atoms with Gasteiger partial charge >= 0.3 is 0 Å². The number of fused-ring (bicyclic) bond motifs is 1. The molecule has 1 aromatic heterocycles. The summed E-state index contributed by atoms with van der Waals surface area (Å²) < 4.78 is 12.9. The van der Waals surface area contributed by atoms with Gasteiger partial charge in [-0.3, -0.25) is 9.59 Å². The summed E-state index contributed by atoms with van der Waals surface area (Å²) in [6.07, 6.45) is 1.57. The van der Waals surface area contributed by atoms with Gasteiger partial charge in [0, 0.05) is 18.7 Å². The van der Waals surface area contributed by atoms with Gasteiger partial charge in [0.15, 0.2) is 0 Å². The molecule has 0 aliphatic carbocycles. The molecule has 0 saturated heterocycles. The molecule has 3 aromatic rings. The second-order valence-electron chi connectivity index (χ2n) is 5.86. The summed E-state index contributed by atoms with van der Waals surface area (Å²) in [5, 5.41) is 2.74. The van der Waals surface area contributed by atoms with Crippen molar-refractivity contribution < 1.29 is 14.0 Å². The number of rotatable bonds is 6. The topological polar surface area (TPSA) is 78.1 Å². The maximum absolute atomic E-state index is 12.9. The van der Waals surface area contributed by atoms with Crippen molar-refractivity contribution in [3.63, 3.8) is 0 Å². The van der Waals surface area contributed by atoms with Crippen LogP contribution in [0.4, 0.5) is 4.39 Å². The van der Waals surface area contributed by atoms with Crippen LogP contribution in [0, 0.1) is 5.82 Å². The quantitative estimate of drug-likeness (QED) is 0.714. The predicted octanol–water partition coefficient (Wildman–Crippen LogP) is 2.48. The van der Waals surface area contributed by atoms with Crippen LogP contribution >= 0.6 is 0 Å². The monoisotopic (exact) mass is 354 g/mol. The minimum Gasteiger partial charge on any atom is -0.350 e. The highest BCUT2D eigenvalue weighted by Crippen LogP contribution is 2.13. The van der Waals surface area contributed by atoms with E-state index in [0.29, 0.717) is 12.1 Å². The number of nitrogens with one attached hydrogen (secondary N) is 2. The molecule has 2 aromatic carbocycles. The van der Waals surface area contributed by atoms with Gasteiger partial charge in [0.05, 0.1) is 23.9 Å². The van der Waals surface area contributed by atoms with E-state index in [9.17, 15) is 14.0 Å². The number of nitrogens with zero attached hydrogens (tertiary/aromatic N) is 2. The Hall–Kier alpha value is -3.22. The molecule has 0 unspecified atom stereocenters. The zero-order valence-electron chi connectivity index (χ0n) is 14.3. The van der Waals surface area contributed by atoms with E-state index in [4.69, 9.17) is 0 Å². The molecule has 1 heterocycles. The van der Waals surface area contributed by atoms with Crippen molar-refractivity contribution in [2.75, 3.05) is 13.1 Å². The van der Waals surface area contributed by atoms with Crippen molar-refractivity contribution in [2.24, 2.45) is 0 Å². The first-order valence-corrected chi connectivity index (χ1v) is 8.30. The number of likely N-dealkylation sites (N-methyl/N-ethyl adjacent to an activating group) is 1. The lowest BCUT2D eigenvalue weighted by atomic mass is 10.1. The number of carbonyl (C=O) groups is 2. The van der Waals surface area contributed by atoms with Crippen LogP contribution in [0.3, 0.4) is 0 Å². The van der Waals surface area contributed by atoms with Crippen LogP contribution in [-0.4, -0.2) is 39.8 Å². The van der Waals surface area contributed by atoms with Gasteiger partial charge in [-0.05, 0) is 42.8 Å². The number of amides is 2. The van der Waals surface area contributed by atoms with E-state index in [0.717, 1.165) is 16.6 Å². The molecule has 0 radical (unpaired) electrons. The summed E-state index contributed by atoms with van der Waals surface area (Å²) >= 11 is 0. The molecule has 2 amide bonds. The number of hydrogen-bond donors (Lipinski definition) is 2. The van der Waals surface area contributed by atoms with E-state index in [2.05, 4.69) is 15.3 Å². The maximum Gasteiger partial charge on any atom is 0.254 e. The largest absolute Gasteiger partial charge is 0.350 e. The van der Waals surface area contributed by atoms with Crippen molar-refractivity contribution in [2.45, 2.75) is 13.5 Å². The van der Waals surface area contributed by atoms with Crippen molar-refractivity contribution >= 4 is 22.8 Å². The Morgan fingerprint density at radius 2 is 1.96 bits per heavy atom. The van der Waals surface area contributed by atoms with Crippen LogP contribution in [0.1, 0.15) is 22.8 Å². The molecular weight excluding hydrogens is 335 g/mol. The van der Waals surface area contributed by atoms with E-state index in [1.807, 2.05) is 6.92 Å². The minimum atomic E-state index is -0.322. The Bertz CT molecular complexity index is 921. The van der Waals surface area contributed by atoms with E-state index in [1.54, 1.807) is 36.7 Å². The Kier molecular flexibility index (Phi) is 5.26. The first-order valence-electron chi connectivity index (χ1n) is 8.30. The van der Waals surface area contributed by atoms with Gasteiger partial charge in [-0.15, -0.1) is 0 Å². The third-order valence-electron chi connectivity index (χ3n) is 4.07. The second kappa shape index (κ2) is 7.77. The lowest BCUT2D eigenvalue weighted by Crippen LogP contribution is -2.40. The highest BCUT2D eigenvalue weighted by molar-refractivity contribution is 5.99. The lowest BCUT2D eigenvalue weighted by molar-refractivity contribution is -0.121. The number of aromatic nitrogens is 2. The number of H-pyrrole nitrogens is 1. The second-order valence-corrected chi connectivity index (χ2v) is 5.86. The van der Waals surface area contributed by atoms with Gasteiger partial charge in [0.2, 0.25) is 5.91 Å². The average molecular weight is 354 g/mol. The SMILES string of the molecule is CCN(CC(=O)NCc1ccc(F)cc1)C(=O)c1ccc2nc[nH]c2c1. The summed E-state index contributed by atoms with van der Waals surface area (Å²) in [6, 6.07) is 11.1. The zero-order valence-corrected chi connectivity index (χ0v) is 14.3. The first-order chi connectivity index (χ1) is 12.6. The molecule has 0 aliphatic rings. The number of halogens is 1. The predicted molar refractivity (Wildman–Crippen MR) is 95.9 cm³/mol. The van der Waals surface area contributed by atoms with Gasteiger partial charge in [0.25, 0.3) is 5.91 Å². The van der Waals surface area contributed by atoms with Crippen molar-refractivity contribution in [1.29, 1.82) is 0 Å². The average Bonchev–Trinajstić information content (AvgIpc) is 3.13. The van der Waals surface area contributed by atoms with Gasteiger partial charge in [-0.1, -0.05) is 12.1 Å². The molecule has 7 heteroatoms. The minimum absolute atomic E-state index is 0.0441. The first kappa shape index (κ1) is 17.6. The molecule has 0 bridgehead atoms. The lowest BCUT2D eigenvalue weighted by Gasteiger charge is -2.20. The zero-order chi connectivity index (χ0) is 18.5. The number of benzene rings is 2.